The van der Waals surface area contributed by atoms with Crippen molar-refractivity contribution in [1.82, 2.24) is 19.8 Å². The Morgan fingerprint density at radius 3 is 2.73 bits per heavy atom. The average Bonchev–Trinajstić information content (AvgIpc) is 3.26. The first kappa shape index (κ1) is 22.1. The lowest BCUT2D eigenvalue weighted by atomic mass is 9.93. The first-order chi connectivity index (χ1) is 16.0. The van der Waals surface area contributed by atoms with E-state index in [2.05, 4.69) is 27.9 Å². The molecule has 3 aromatic heterocycles. The van der Waals surface area contributed by atoms with Crippen molar-refractivity contribution in [3.8, 4) is 0 Å². The highest BCUT2D eigenvalue weighted by Crippen LogP contribution is 2.37. The summed E-state index contributed by atoms with van der Waals surface area (Å²) in [7, 11) is 0. The molecule has 1 aliphatic carbocycles. The van der Waals surface area contributed by atoms with Crippen molar-refractivity contribution in [2.24, 2.45) is 0 Å². The molecule has 2 amide bonds. The third kappa shape index (κ3) is 4.07. The van der Waals surface area contributed by atoms with Gasteiger partial charge >= 0.3 is 0 Å². The molecule has 7 heteroatoms. The SMILES string of the molecule is CCc1cc2c(cc3n2C[C@@](C)(C(=O)NC2CCCCCC2)N(Cc2cccnc2)C3=O)s1. The number of thiophene rings is 1. The fourth-order valence-corrected chi connectivity index (χ4v) is 6.29. The largest absolute Gasteiger partial charge is 0.351 e. The van der Waals surface area contributed by atoms with Gasteiger partial charge in [0.25, 0.3) is 5.91 Å². The number of aromatic nitrogens is 2. The van der Waals surface area contributed by atoms with E-state index in [1.165, 1.54) is 17.7 Å². The Kier molecular flexibility index (Phi) is 5.99. The summed E-state index contributed by atoms with van der Waals surface area (Å²) in [5.41, 5.74) is 1.68. The van der Waals surface area contributed by atoms with Crippen LogP contribution in [-0.2, 0) is 24.3 Å². The van der Waals surface area contributed by atoms with Crippen LogP contribution in [-0.4, -0.2) is 37.8 Å². The Bertz CT molecular complexity index is 1160. The number of hydrogen-bond donors (Lipinski definition) is 1. The van der Waals surface area contributed by atoms with Gasteiger partial charge in [-0.05, 0) is 49.9 Å². The number of aryl methyl sites for hydroxylation is 1. The maximum Gasteiger partial charge on any atom is 0.271 e. The number of pyridine rings is 1. The molecule has 0 bridgehead atoms. The van der Waals surface area contributed by atoms with Crippen LogP contribution in [0.4, 0.5) is 0 Å². The zero-order valence-corrected chi connectivity index (χ0v) is 20.3. The molecule has 33 heavy (non-hydrogen) atoms. The smallest absolute Gasteiger partial charge is 0.271 e. The van der Waals surface area contributed by atoms with E-state index in [-0.39, 0.29) is 17.9 Å². The number of hydrogen-bond acceptors (Lipinski definition) is 4. The summed E-state index contributed by atoms with van der Waals surface area (Å²) in [6, 6.07) is 8.20. The Hall–Kier alpha value is -2.67. The van der Waals surface area contributed by atoms with Gasteiger partial charge in [0.2, 0.25) is 5.91 Å². The molecule has 0 aromatic carbocycles. The van der Waals surface area contributed by atoms with Gasteiger partial charge in [-0.3, -0.25) is 14.6 Å². The minimum Gasteiger partial charge on any atom is -0.351 e. The molecule has 4 heterocycles. The fourth-order valence-electron chi connectivity index (χ4n) is 5.25. The van der Waals surface area contributed by atoms with Crippen molar-refractivity contribution < 1.29 is 9.59 Å². The molecule has 5 rings (SSSR count). The average molecular weight is 465 g/mol. The highest BCUT2D eigenvalue weighted by atomic mass is 32.1. The molecule has 1 aliphatic heterocycles. The molecule has 1 fully saturated rings. The predicted octanol–water partition coefficient (Wildman–Crippen LogP) is 4.91. The summed E-state index contributed by atoms with van der Waals surface area (Å²) in [5.74, 6) is -0.143. The van der Waals surface area contributed by atoms with E-state index in [9.17, 15) is 9.59 Å². The maximum atomic E-state index is 13.8. The van der Waals surface area contributed by atoms with Crippen LogP contribution in [0.3, 0.4) is 0 Å². The Morgan fingerprint density at radius 2 is 2.03 bits per heavy atom. The molecule has 0 radical (unpaired) electrons. The fraction of sp³-hybridized carbons (Fsp3) is 0.500. The first-order valence-corrected chi connectivity index (χ1v) is 12.9. The zero-order chi connectivity index (χ0) is 23.0. The minimum absolute atomic E-state index is 0.0508. The number of amides is 2. The first-order valence-electron chi connectivity index (χ1n) is 12.1. The van der Waals surface area contributed by atoms with Gasteiger partial charge in [0.05, 0.1) is 16.8 Å². The molecule has 1 N–H and O–H groups in total. The molecule has 174 valence electrons. The van der Waals surface area contributed by atoms with Crippen LogP contribution in [0.15, 0.2) is 36.7 Å². The number of fused-ring (bicyclic) bond motifs is 3. The maximum absolute atomic E-state index is 13.8. The Morgan fingerprint density at radius 1 is 1.24 bits per heavy atom. The Balaban J connectivity index is 1.53. The van der Waals surface area contributed by atoms with Crippen LogP contribution in [0.25, 0.3) is 10.2 Å². The van der Waals surface area contributed by atoms with Crippen molar-refractivity contribution >= 4 is 33.4 Å². The summed E-state index contributed by atoms with van der Waals surface area (Å²) >= 11 is 1.74. The molecule has 0 saturated heterocycles. The third-order valence-electron chi connectivity index (χ3n) is 7.26. The zero-order valence-electron chi connectivity index (χ0n) is 19.5. The molecular formula is C26H32N4O2S. The van der Waals surface area contributed by atoms with Crippen molar-refractivity contribution in [2.75, 3.05) is 0 Å². The lowest BCUT2D eigenvalue weighted by Gasteiger charge is -2.44. The van der Waals surface area contributed by atoms with Crippen LogP contribution in [0, 0.1) is 0 Å². The number of nitrogens with zero attached hydrogens (tertiary/aromatic N) is 3. The van der Waals surface area contributed by atoms with Gasteiger partial charge in [-0.2, -0.15) is 0 Å². The molecule has 1 atom stereocenters. The van der Waals surface area contributed by atoms with Crippen LogP contribution < -0.4 is 5.32 Å². The second kappa shape index (κ2) is 8.93. The molecule has 6 nitrogen and oxygen atoms in total. The second-order valence-electron chi connectivity index (χ2n) is 9.62. The quantitative estimate of drug-likeness (QED) is 0.546. The summed E-state index contributed by atoms with van der Waals surface area (Å²) < 4.78 is 3.18. The van der Waals surface area contributed by atoms with E-state index in [1.54, 1.807) is 28.6 Å². The lowest BCUT2D eigenvalue weighted by molar-refractivity contribution is -0.134. The molecule has 0 unspecified atom stereocenters. The standard InChI is InChI=1S/C26H32N4O2S/c1-3-20-13-21-23(33-20)14-22-24(31)30(16-18-9-8-12-27-15-18)26(2,17-29(21)22)25(32)28-19-10-6-4-5-7-11-19/h8-9,12-15,19H,3-7,10-11,16-17H2,1-2H3,(H,28,32)/t26-/m0/s1. The van der Waals surface area contributed by atoms with Gasteiger partial charge < -0.3 is 14.8 Å². The summed E-state index contributed by atoms with van der Waals surface area (Å²) in [5, 5.41) is 3.33. The minimum atomic E-state index is -0.980. The normalized spacial score (nSPS) is 21.8. The van der Waals surface area contributed by atoms with Crippen LogP contribution in [0.5, 0.6) is 0 Å². The summed E-state index contributed by atoms with van der Waals surface area (Å²) in [4.78, 5) is 34.9. The van der Waals surface area contributed by atoms with Crippen molar-refractivity contribution in [1.29, 1.82) is 0 Å². The van der Waals surface area contributed by atoms with Gasteiger partial charge in [0, 0.05) is 29.9 Å². The molecular weight excluding hydrogens is 432 g/mol. The monoisotopic (exact) mass is 464 g/mol. The van der Waals surface area contributed by atoms with E-state index in [1.807, 2.05) is 25.1 Å². The van der Waals surface area contributed by atoms with E-state index in [4.69, 9.17) is 0 Å². The second-order valence-corrected chi connectivity index (χ2v) is 10.8. The van der Waals surface area contributed by atoms with Gasteiger partial charge in [-0.25, -0.2) is 0 Å². The van der Waals surface area contributed by atoms with Crippen LogP contribution >= 0.6 is 11.3 Å². The number of carbonyl (C=O) groups is 2. The number of rotatable bonds is 5. The lowest BCUT2D eigenvalue weighted by Crippen LogP contribution is -2.64. The van der Waals surface area contributed by atoms with E-state index in [0.29, 0.717) is 18.8 Å². The summed E-state index contributed by atoms with van der Waals surface area (Å²) in [6.45, 7) is 4.89. The summed E-state index contributed by atoms with van der Waals surface area (Å²) in [6.07, 6.45) is 11.3. The third-order valence-corrected chi connectivity index (χ3v) is 8.47. The topological polar surface area (TPSA) is 67.2 Å². The van der Waals surface area contributed by atoms with Crippen molar-refractivity contribution in [3.05, 3.63) is 52.8 Å². The number of nitrogens with one attached hydrogen (secondary N) is 1. The Labute approximate surface area is 199 Å². The molecule has 1 saturated carbocycles. The van der Waals surface area contributed by atoms with Crippen molar-refractivity contribution in [3.63, 3.8) is 0 Å². The van der Waals surface area contributed by atoms with E-state index in [0.717, 1.165) is 47.9 Å². The highest BCUT2D eigenvalue weighted by molar-refractivity contribution is 7.19. The predicted molar refractivity (Wildman–Crippen MR) is 131 cm³/mol. The van der Waals surface area contributed by atoms with E-state index >= 15 is 0 Å². The molecule has 0 spiro atoms. The van der Waals surface area contributed by atoms with Crippen LogP contribution in [0.2, 0.25) is 0 Å². The van der Waals surface area contributed by atoms with Gasteiger partial charge in [0.15, 0.2) is 0 Å². The van der Waals surface area contributed by atoms with Crippen molar-refractivity contribution in [2.45, 2.75) is 83.5 Å². The van der Waals surface area contributed by atoms with Gasteiger partial charge in [-0.15, -0.1) is 11.3 Å². The van der Waals surface area contributed by atoms with Crippen LogP contribution in [0.1, 0.15) is 73.3 Å². The number of carbonyl (C=O) groups excluding carboxylic acids is 2. The highest BCUT2D eigenvalue weighted by Gasteiger charge is 2.48. The molecule has 2 aliphatic rings. The van der Waals surface area contributed by atoms with Gasteiger partial charge in [0.1, 0.15) is 11.2 Å². The van der Waals surface area contributed by atoms with Gasteiger partial charge in [-0.1, -0.05) is 38.7 Å². The van der Waals surface area contributed by atoms with E-state index < -0.39 is 5.54 Å². The molecule has 3 aromatic rings.